The zero-order chi connectivity index (χ0) is 17.9. The standard InChI is InChI=1S/C18H20N2O4/c1-12-8-9-15(19-11-12)20(17(23)24-18(2,3)4)14-7-5-6-13(10-14)16(21)22/h5-11H,1-4H3,(H,21,22). The SMILES string of the molecule is Cc1ccc(N(C(=O)OC(C)(C)C)c2cccc(C(=O)O)c2)nc1. The first-order chi connectivity index (χ1) is 11.2. The monoisotopic (exact) mass is 328 g/mol. The normalized spacial score (nSPS) is 11.0. The van der Waals surface area contributed by atoms with Gasteiger partial charge in [0.25, 0.3) is 0 Å². The van der Waals surface area contributed by atoms with Gasteiger partial charge in [-0.05, 0) is 57.5 Å². The fourth-order valence-electron chi connectivity index (χ4n) is 2.01. The molecule has 6 heteroatoms. The van der Waals surface area contributed by atoms with E-state index >= 15 is 0 Å². The highest BCUT2D eigenvalue weighted by molar-refractivity contribution is 5.97. The van der Waals surface area contributed by atoms with E-state index in [1.54, 1.807) is 45.2 Å². The molecule has 1 heterocycles. The molecule has 0 bridgehead atoms. The van der Waals surface area contributed by atoms with E-state index in [1.165, 1.54) is 17.0 Å². The van der Waals surface area contributed by atoms with Crippen LogP contribution < -0.4 is 4.90 Å². The maximum Gasteiger partial charge on any atom is 0.420 e. The molecule has 0 aliphatic rings. The van der Waals surface area contributed by atoms with Crippen molar-refractivity contribution < 1.29 is 19.4 Å². The van der Waals surface area contributed by atoms with Crippen LogP contribution in [0, 0.1) is 6.92 Å². The minimum absolute atomic E-state index is 0.0770. The largest absolute Gasteiger partial charge is 0.478 e. The van der Waals surface area contributed by atoms with Crippen LogP contribution in [0.1, 0.15) is 36.7 Å². The van der Waals surface area contributed by atoms with Crippen LogP contribution in [0.15, 0.2) is 42.6 Å². The van der Waals surface area contributed by atoms with Crippen molar-refractivity contribution in [2.24, 2.45) is 0 Å². The molecule has 0 aliphatic carbocycles. The number of nitrogens with zero attached hydrogens (tertiary/aromatic N) is 2. The first-order valence-corrected chi connectivity index (χ1v) is 7.46. The molecule has 2 rings (SSSR count). The Morgan fingerprint density at radius 3 is 2.42 bits per heavy atom. The van der Waals surface area contributed by atoms with Crippen LogP contribution in [-0.4, -0.2) is 27.8 Å². The highest BCUT2D eigenvalue weighted by Gasteiger charge is 2.26. The van der Waals surface area contributed by atoms with Gasteiger partial charge in [-0.15, -0.1) is 0 Å². The van der Waals surface area contributed by atoms with Crippen molar-refractivity contribution in [3.63, 3.8) is 0 Å². The number of pyridine rings is 1. The van der Waals surface area contributed by atoms with Crippen LogP contribution in [0.5, 0.6) is 0 Å². The zero-order valence-corrected chi connectivity index (χ0v) is 14.1. The van der Waals surface area contributed by atoms with Gasteiger partial charge in [0.05, 0.1) is 11.3 Å². The summed E-state index contributed by atoms with van der Waals surface area (Å²) in [6.07, 6.45) is 1.01. The number of amides is 1. The van der Waals surface area contributed by atoms with Gasteiger partial charge in [-0.3, -0.25) is 0 Å². The number of rotatable bonds is 3. The zero-order valence-electron chi connectivity index (χ0n) is 14.1. The molecule has 0 fully saturated rings. The smallest absolute Gasteiger partial charge is 0.420 e. The van der Waals surface area contributed by atoms with E-state index in [1.807, 2.05) is 13.0 Å². The number of carboxylic acids is 1. The third-order valence-corrected chi connectivity index (χ3v) is 3.05. The molecule has 2 aromatic rings. The summed E-state index contributed by atoms with van der Waals surface area (Å²) in [5.41, 5.74) is 0.709. The second-order valence-electron chi connectivity index (χ2n) is 6.36. The van der Waals surface area contributed by atoms with E-state index in [4.69, 9.17) is 4.74 Å². The average molecular weight is 328 g/mol. The van der Waals surface area contributed by atoms with Crippen LogP contribution in [0.2, 0.25) is 0 Å². The Labute approximate surface area is 140 Å². The predicted molar refractivity (Wildman–Crippen MR) is 90.7 cm³/mol. The Kier molecular flexibility index (Phi) is 4.87. The van der Waals surface area contributed by atoms with E-state index in [0.717, 1.165) is 5.56 Å². The molecule has 0 aliphatic heterocycles. The fourth-order valence-corrected chi connectivity index (χ4v) is 2.01. The Hall–Kier alpha value is -2.89. The van der Waals surface area contributed by atoms with E-state index < -0.39 is 17.7 Å². The first kappa shape index (κ1) is 17.5. The number of carboxylic acid groups (broad SMARTS) is 1. The summed E-state index contributed by atoms with van der Waals surface area (Å²) in [5, 5.41) is 9.17. The van der Waals surface area contributed by atoms with E-state index in [0.29, 0.717) is 11.5 Å². The Morgan fingerprint density at radius 2 is 1.88 bits per heavy atom. The molecule has 1 aromatic carbocycles. The van der Waals surface area contributed by atoms with Gasteiger partial charge in [-0.1, -0.05) is 12.1 Å². The van der Waals surface area contributed by atoms with Gasteiger partial charge in [-0.2, -0.15) is 0 Å². The average Bonchev–Trinajstić information content (AvgIpc) is 2.48. The molecule has 1 N–H and O–H groups in total. The molecule has 0 saturated heterocycles. The number of carbonyl (C=O) groups is 2. The van der Waals surface area contributed by atoms with E-state index in [-0.39, 0.29) is 5.56 Å². The highest BCUT2D eigenvalue weighted by atomic mass is 16.6. The lowest BCUT2D eigenvalue weighted by molar-refractivity contribution is 0.0596. The third-order valence-electron chi connectivity index (χ3n) is 3.05. The quantitative estimate of drug-likeness (QED) is 0.915. The first-order valence-electron chi connectivity index (χ1n) is 7.46. The number of carbonyl (C=O) groups excluding carboxylic acids is 1. The number of anilines is 2. The van der Waals surface area contributed by atoms with Crippen molar-refractivity contribution in [1.82, 2.24) is 4.98 Å². The molecule has 6 nitrogen and oxygen atoms in total. The summed E-state index contributed by atoms with van der Waals surface area (Å²) in [6, 6.07) is 9.59. The summed E-state index contributed by atoms with van der Waals surface area (Å²) in [6.45, 7) is 7.18. The molecule has 24 heavy (non-hydrogen) atoms. The highest BCUT2D eigenvalue weighted by Crippen LogP contribution is 2.27. The lowest BCUT2D eigenvalue weighted by Crippen LogP contribution is -2.34. The number of aryl methyl sites for hydroxylation is 1. The van der Waals surface area contributed by atoms with Gasteiger partial charge < -0.3 is 9.84 Å². The lowest BCUT2D eigenvalue weighted by Gasteiger charge is -2.27. The molecule has 126 valence electrons. The molecular weight excluding hydrogens is 308 g/mol. The lowest BCUT2D eigenvalue weighted by atomic mass is 10.2. The summed E-state index contributed by atoms with van der Waals surface area (Å²) < 4.78 is 5.44. The third kappa shape index (κ3) is 4.32. The number of benzene rings is 1. The Bertz CT molecular complexity index is 748. The molecule has 0 unspecified atom stereocenters. The summed E-state index contributed by atoms with van der Waals surface area (Å²) in [5.74, 6) is -0.713. The van der Waals surface area contributed by atoms with Crippen molar-refractivity contribution in [3.8, 4) is 0 Å². The number of aromatic nitrogens is 1. The molecule has 0 atom stereocenters. The number of hydrogen-bond acceptors (Lipinski definition) is 4. The molecule has 0 saturated carbocycles. The number of hydrogen-bond donors (Lipinski definition) is 1. The minimum atomic E-state index is -1.07. The van der Waals surface area contributed by atoms with Crippen LogP contribution in [0.4, 0.5) is 16.3 Å². The van der Waals surface area contributed by atoms with Crippen molar-refractivity contribution in [2.45, 2.75) is 33.3 Å². The molecule has 0 radical (unpaired) electrons. The molecule has 0 spiro atoms. The van der Waals surface area contributed by atoms with Gasteiger partial charge in [0.2, 0.25) is 0 Å². The molecule has 1 aromatic heterocycles. The van der Waals surface area contributed by atoms with Gasteiger partial charge in [-0.25, -0.2) is 19.5 Å². The van der Waals surface area contributed by atoms with Crippen LogP contribution in [0.3, 0.4) is 0 Å². The Morgan fingerprint density at radius 1 is 1.17 bits per heavy atom. The summed E-state index contributed by atoms with van der Waals surface area (Å²) in [4.78, 5) is 29.4. The maximum atomic E-state index is 12.6. The summed E-state index contributed by atoms with van der Waals surface area (Å²) >= 11 is 0. The molecular formula is C18H20N2O4. The van der Waals surface area contributed by atoms with E-state index in [2.05, 4.69) is 4.98 Å². The van der Waals surface area contributed by atoms with Gasteiger partial charge >= 0.3 is 12.1 Å². The van der Waals surface area contributed by atoms with Crippen LogP contribution in [-0.2, 0) is 4.74 Å². The predicted octanol–water partition coefficient (Wildman–Crippen LogP) is 4.16. The minimum Gasteiger partial charge on any atom is -0.478 e. The molecule has 1 amide bonds. The fraction of sp³-hybridized carbons (Fsp3) is 0.278. The van der Waals surface area contributed by atoms with E-state index in [9.17, 15) is 14.7 Å². The van der Waals surface area contributed by atoms with Gasteiger partial charge in [0.15, 0.2) is 0 Å². The van der Waals surface area contributed by atoms with Crippen molar-refractivity contribution in [1.29, 1.82) is 0 Å². The van der Waals surface area contributed by atoms with Crippen LogP contribution >= 0.6 is 0 Å². The number of aromatic carboxylic acids is 1. The summed E-state index contributed by atoms with van der Waals surface area (Å²) in [7, 11) is 0. The second kappa shape index (κ2) is 6.70. The second-order valence-corrected chi connectivity index (χ2v) is 6.36. The van der Waals surface area contributed by atoms with Crippen molar-refractivity contribution in [2.75, 3.05) is 4.90 Å². The van der Waals surface area contributed by atoms with Crippen molar-refractivity contribution >= 4 is 23.6 Å². The topological polar surface area (TPSA) is 79.7 Å². The van der Waals surface area contributed by atoms with Crippen LogP contribution in [0.25, 0.3) is 0 Å². The maximum absolute atomic E-state index is 12.6. The number of ether oxygens (including phenoxy) is 1. The van der Waals surface area contributed by atoms with Gasteiger partial charge in [0.1, 0.15) is 11.4 Å². The van der Waals surface area contributed by atoms with Gasteiger partial charge in [0, 0.05) is 6.20 Å². The van der Waals surface area contributed by atoms with Crippen molar-refractivity contribution in [3.05, 3.63) is 53.7 Å². The Balaban J connectivity index is 2.50.